The minimum Gasteiger partial charge on any atom is -0.363 e. The Labute approximate surface area is 112 Å². The normalized spacial score (nSPS) is 11.5. The van der Waals surface area contributed by atoms with E-state index in [1.165, 1.54) is 12.4 Å². The number of aromatic nitrogens is 2. The van der Waals surface area contributed by atoms with Crippen LogP contribution < -0.4 is 10.0 Å². The molecule has 102 valence electrons. The second-order valence-corrected chi connectivity index (χ2v) is 5.87. The lowest BCUT2D eigenvalue weighted by atomic mass is 10.3. The highest BCUT2D eigenvalue weighted by atomic mass is 32.2. The molecule has 2 aromatic heterocycles. The van der Waals surface area contributed by atoms with E-state index in [1.807, 2.05) is 6.92 Å². The summed E-state index contributed by atoms with van der Waals surface area (Å²) in [5, 5.41) is 2.95. The van der Waals surface area contributed by atoms with E-state index in [4.69, 9.17) is 0 Å². The van der Waals surface area contributed by atoms with E-state index in [1.54, 1.807) is 25.4 Å². The molecule has 0 saturated heterocycles. The largest absolute Gasteiger partial charge is 0.363 e. The Kier molecular flexibility index (Phi) is 3.87. The Balaban J connectivity index is 2.25. The van der Waals surface area contributed by atoms with Gasteiger partial charge in [-0.15, -0.1) is 0 Å². The fourth-order valence-corrected chi connectivity index (χ4v) is 2.77. The number of anilines is 1. The van der Waals surface area contributed by atoms with Gasteiger partial charge in [0.25, 0.3) is 10.0 Å². The van der Waals surface area contributed by atoms with Gasteiger partial charge in [0, 0.05) is 24.6 Å². The van der Waals surface area contributed by atoms with Crippen LogP contribution in [-0.4, -0.2) is 25.4 Å². The monoisotopic (exact) mass is 280 g/mol. The number of nitrogens with zero attached hydrogens (tertiary/aromatic N) is 1. The molecule has 2 rings (SSSR count). The summed E-state index contributed by atoms with van der Waals surface area (Å²) in [6.07, 6.45) is 4.59. The molecule has 0 spiro atoms. The summed E-state index contributed by atoms with van der Waals surface area (Å²) in [6, 6.07) is 3.35. The maximum atomic E-state index is 12.2. The zero-order valence-corrected chi connectivity index (χ0v) is 11.6. The molecule has 3 N–H and O–H groups in total. The number of pyridine rings is 1. The van der Waals surface area contributed by atoms with Gasteiger partial charge in [0.15, 0.2) is 0 Å². The van der Waals surface area contributed by atoms with Crippen LogP contribution >= 0.6 is 0 Å². The number of sulfonamides is 1. The second-order valence-electron chi connectivity index (χ2n) is 4.19. The van der Waals surface area contributed by atoms with Crippen LogP contribution in [0.4, 0.5) is 5.69 Å². The van der Waals surface area contributed by atoms with Crippen LogP contribution in [0.15, 0.2) is 35.6 Å². The summed E-state index contributed by atoms with van der Waals surface area (Å²) in [4.78, 5) is 7.04. The van der Waals surface area contributed by atoms with Gasteiger partial charge in [-0.25, -0.2) is 8.42 Å². The molecule has 2 aromatic rings. The Morgan fingerprint density at radius 3 is 2.89 bits per heavy atom. The van der Waals surface area contributed by atoms with Crippen molar-refractivity contribution < 1.29 is 8.42 Å². The van der Waals surface area contributed by atoms with E-state index >= 15 is 0 Å². The first-order valence-corrected chi connectivity index (χ1v) is 7.26. The molecule has 2 heterocycles. The minimum atomic E-state index is -3.58. The number of aromatic amines is 1. The SMILES string of the molecule is CNCc1cc(S(=O)(=O)Nc2cnccc2C)c[nH]1. The van der Waals surface area contributed by atoms with Gasteiger partial charge in [-0.2, -0.15) is 0 Å². The Bertz CT molecular complexity index is 664. The number of rotatable bonds is 5. The van der Waals surface area contributed by atoms with E-state index < -0.39 is 10.0 Å². The number of H-pyrrole nitrogens is 1. The molecular weight excluding hydrogens is 264 g/mol. The van der Waals surface area contributed by atoms with Crippen LogP contribution in [0.1, 0.15) is 11.3 Å². The lowest BCUT2D eigenvalue weighted by Gasteiger charge is -2.08. The Morgan fingerprint density at radius 2 is 2.21 bits per heavy atom. The van der Waals surface area contributed by atoms with E-state index in [2.05, 4.69) is 20.0 Å². The maximum Gasteiger partial charge on any atom is 0.263 e. The predicted molar refractivity (Wildman–Crippen MR) is 73.3 cm³/mol. The molecule has 6 nitrogen and oxygen atoms in total. The van der Waals surface area contributed by atoms with Crippen molar-refractivity contribution in [1.29, 1.82) is 0 Å². The number of hydrogen-bond donors (Lipinski definition) is 3. The Hall–Kier alpha value is -1.86. The van der Waals surface area contributed by atoms with Crippen molar-refractivity contribution >= 4 is 15.7 Å². The average Bonchev–Trinajstić information content (AvgIpc) is 2.82. The van der Waals surface area contributed by atoms with Crippen molar-refractivity contribution in [2.45, 2.75) is 18.4 Å². The Morgan fingerprint density at radius 1 is 1.42 bits per heavy atom. The third-order valence-corrected chi connectivity index (χ3v) is 4.02. The van der Waals surface area contributed by atoms with Crippen molar-refractivity contribution in [2.75, 3.05) is 11.8 Å². The summed E-state index contributed by atoms with van der Waals surface area (Å²) < 4.78 is 26.9. The molecular formula is C12H16N4O2S. The van der Waals surface area contributed by atoms with Gasteiger partial charge in [-0.1, -0.05) is 0 Å². The first kappa shape index (κ1) is 13.6. The summed E-state index contributed by atoms with van der Waals surface area (Å²) in [5.41, 5.74) is 2.12. The van der Waals surface area contributed by atoms with Crippen molar-refractivity contribution in [3.8, 4) is 0 Å². The van der Waals surface area contributed by atoms with Gasteiger partial charge in [-0.05, 0) is 31.7 Å². The first-order valence-electron chi connectivity index (χ1n) is 5.78. The molecule has 0 unspecified atom stereocenters. The van der Waals surface area contributed by atoms with Gasteiger partial charge in [0.2, 0.25) is 0 Å². The maximum absolute atomic E-state index is 12.2. The first-order chi connectivity index (χ1) is 9.03. The third-order valence-electron chi connectivity index (χ3n) is 2.68. The van der Waals surface area contributed by atoms with Crippen LogP contribution in [0.25, 0.3) is 0 Å². The standard InChI is InChI=1S/C12H16N4O2S/c1-9-3-4-14-8-12(9)16-19(17,18)11-5-10(6-13-2)15-7-11/h3-5,7-8,13,15-16H,6H2,1-2H3. The molecule has 0 amide bonds. The second kappa shape index (κ2) is 5.41. The number of nitrogens with one attached hydrogen (secondary N) is 3. The molecule has 19 heavy (non-hydrogen) atoms. The molecule has 0 aliphatic carbocycles. The van der Waals surface area contributed by atoms with Gasteiger partial charge in [-0.3, -0.25) is 9.71 Å². The van der Waals surface area contributed by atoms with Gasteiger partial charge in [0.1, 0.15) is 4.90 Å². The van der Waals surface area contributed by atoms with Crippen molar-refractivity contribution in [2.24, 2.45) is 0 Å². The van der Waals surface area contributed by atoms with Crippen molar-refractivity contribution in [3.63, 3.8) is 0 Å². The van der Waals surface area contributed by atoms with Crippen molar-refractivity contribution in [3.05, 3.63) is 42.0 Å². The molecule has 0 atom stereocenters. The lowest BCUT2D eigenvalue weighted by Crippen LogP contribution is -2.13. The highest BCUT2D eigenvalue weighted by Gasteiger charge is 2.17. The van der Waals surface area contributed by atoms with Crippen molar-refractivity contribution in [1.82, 2.24) is 15.3 Å². The van der Waals surface area contributed by atoms with Crippen LogP contribution in [0.5, 0.6) is 0 Å². The smallest absolute Gasteiger partial charge is 0.263 e. The van der Waals surface area contributed by atoms with E-state index in [9.17, 15) is 8.42 Å². The number of aryl methyl sites for hydroxylation is 1. The van der Waals surface area contributed by atoms with Gasteiger partial charge >= 0.3 is 0 Å². The number of hydrogen-bond acceptors (Lipinski definition) is 4. The fourth-order valence-electron chi connectivity index (χ4n) is 1.64. The summed E-state index contributed by atoms with van der Waals surface area (Å²) in [6.45, 7) is 2.41. The van der Waals surface area contributed by atoms with Crippen LogP contribution in [0, 0.1) is 6.92 Å². The van der Waals surface area contributed by atoms with Crippen LogP contribution in [0.3, 0.4) is 0 Å². The van der Waals surface area contributed by atoms with E-state index in [0.717, 1.165) is 11.3 Å². The van der Waals surface area contributed by atoms with Gasteiger partial charge in [0.05, 0.1) is 11.9 Å². The minimum absolute atomic E-state index is 0.209. The summed E-state index contributed by atoms with van der Waals surface area (Å²) >= 11 is 0. The third kappa shape index (κ3) is 3.12. The highest BCUT2D eigenvalue weighted by molar-refractivity contribution is 7.92. The van der Waals surface area contributed by atoms with E-state index in [-0.39, 0.29) is 4.90 Å². The molecule has 0 aliphatic rings. The topological polar surface area (TPSA) is 86.9 Å². The quantitative estimate of drug-likeness (QED) is 0.769. The van der Waals surface area contributed by atoms with Crippen LogP contribution in [-0.2, 0) is 16.6 Å². The fraction of sp³-hybridized carbons (Fsp3) is 0.250. The molecule has 7 heteroatoms. The van der Waals surface area contributed by atoms with E-state index in [0.29, 0.717) is 12.2 Å². The molecule has 0 saturated carbocycles. The zero-order valence-electron chi connectivity index (χ0n) is 10.8. The molecule has 0 aliphatic heterocycles. The predicted octanol–water partition coefficient (Wildman–Crippen LogP) is 1.24. The lowest BCUT2D eigenvalue weighted by molar-refractivity contribution is 0.601. The molecule has 0 fully saturated rings. The van der Waals surface area contributed by atoms with Crippen LogP contribution in [0.2, 0.25) is 0 Å². The summed E-state index contributed by atoms with van der Waals surface area (Å²) in [5.74, 6) is 0. The molecule has 0 aromatic carbocycles. The molecule has 0 radical (unpaired) electrons. The van der Waals surface area contributed by atoms with Gasteiger partial charge < -0.3 is 10.3 Å². The average molecular weight is 280 g/mol. The highest BCUT2D eigenvalue weighted by Crippen LogP contribution is 2.18. The zero-order chi connectivity index (χ0) is 13.9. The molecule has 0 bridgehead atoms. The summed E-state index contributed by atoms with van der Waals surface area (Å²) in [7, 11) is -1.78.